The van der Waals surface area contributed by atoms with E-state index in [1.807, 2.05) is 43.3 Å². The van der Waals surface area contributed by atoms with Crippen LogP contribution in [0.15, 0.2) is 36.4 Å². The van der Waals surface area contributed by atoms with Gasteiger partial charge in [-0.1, -0.05) is 6.07 Å². The lowest BCUT2D eigenvalue weighted by molar-refractivity contribution is 0.214. The molecule has 0 bridgehead atoms. The van der Waals surface area contributed by atoms with Crippen LogP contribution in [0.4, 0.5) is 4.79 Å². The number of fused-ring (bicyclic) bond motifs is 1. The minimum Gasteiger partial charge on any atom is -0.497 e. The van der Waals surface area contributed by atoms with Crippen LogP contribution in [0.5, 0.6) is 23.0 Å². The monoisotopic (exact) mass is 386 g/mol. The summed E-state index contributed by atoms with van der Waals surface area (Å²) in [5.74, 6) is 2.94. The van der Waals surface area contributed by atoms with Crippen molar-refractivity contribution < 1.29 is 23.7 Å². The van der Waals surface area contributed by atoms with Crippen molar-refractivity contribution in [2.45, 2.75) is 25.9 Å². The number of carbonyl (C=O) groups is 1. The van der Waals surface area contributed by atoms with Crippen LogP contribution < -0.4 is 29.6 Å². The molecular formula is C21H26N2O5. The summed E-state index contributed by atoms with van der Waals surface area (Å²) >= 11 is 0. The van der Waals surface area contributed by atoms with Crippen molar-refractivity contribution >= 4 is 6.03 Å². The Hall–Kier alpha value is -3.09. The summed E-state index contributed by atoms with van der Waals surface area (Å²) in [5, 5.41) is 5.83. The van der Waals surface area contributed by atoms with E-state index in [-0.39, 0.29) is 12.1 Å². The first-order chi connectivity index (χ1) is 13.6. The van der Waals surface area contributed by atoms with E-state index in [0.717, 1.165) is 22.6 Å². The van der Waals surface area contributed by atoms with E-state index in [4.69, 9.17) is 18.9 Å². The van der Waals surface area contributed by atoms with E-state index in [1.165, 1.54) is 0 Å². The Labute approximate surface area is 164 Å². The van der Waals surface area contributed by atoms with Gasteiger partial charge in [0.15, 0.2) is 11.5 Å². The second kappa shape index (κ2) is 9.21. The molecule has 1 heterocycles. The molecule has 1 aliphatic rings. The van der Waals surface area contributed by atoms with Crippen molar-refractivity contribution in [3.63, 3.8) is 0 Å². The van der Waals surface area contributed by atoms with Crippen LogP contribution >= 0.6 is 0 Å². The lowest BCUT2D eigenvalue weighted by atomic mass is 10.0. The zero-order chi connectivity index (χ0) is 19.9. The van der Waals surface area contributed by atoms with Crippen molar-refractivity contribution in [2.75, 3.05) is 27.4 Å². The average Bonchev–Trinajstić information content (AvgIpc) is 2.72. The highest BCUT2D eigenvalue weighted by molar-refractivity contribution is 5.74. The molecule has 7 heteroatoms. The third-order valence-corrected chi connectivity index (χ3v) is 4.49. The van der Waals surface area contributed by atoms with Gasteiger partial charge < -0.3 is 29.6 Å². The minimum atomic E-state index is -0.242. The predicted molar refractivity (Wildman–Crippen MR) is 106 cm³/mol. The van der Waals surface area contributed by atoms with Gasteiger partial charge in [0.2, 0.25) is 0 Å². The van der Waals surface area contributed by atoms with Crippen LogP contribution in [0.3, 0.4) is 0 Å². The number of hydrogen-bond donors (Lipinski definition) is 2. The molecule has 28 heavy (non-hydrogen) atoms. The molecule has 0 radical (unpaired) electrons. The van der Waals surface area contributed by atoms with Crippen molar-refractivity contribution in [1.82, 2.24) is 10.6 Å². The molecule has 2 N–H and O–H groups in total. The van der Waals surface area contributed by atoms with Gasteiger partial charge in [-0.3, -0.25) is 0 Å². The summed E-state index contributed by atoms with van der Waals surface area (Å²) in [6.07, 6.45) is 0.691. The second-order valence-corrected chi connectivity index (χ2v) is 6.43. The SMILES string of the molecule is CCOc1cc(CNC(=O)N[C@@H]2COc3ccc(OC)cc3C2)ccc1OC. The van der Waals surface area contributed by atoms with E-state index < -0.39 is 0 Å². The van der Waals surface area contributed by atoms with Crippen LogP contribution in [0.1, 0.15) is 18.1 Å². The molecule has 0 aromatic heterocycles. The van der Waals surface area contributed by atoms with Gasteiger partial charge >= 0.3 is 6.03 Å². The first-order valence-electron chi connectivity index (χ1n) is 9.26. The Morgan fingerprint density at radius 3 is 2.75 bits per heavy atom. The second-order valence-electron chi connectivity index (χ2n) is 6.43. The summed E-state index contributed by atoms with van der Waals surface area (Å²) in [7, 11) is 3.23. The van der Waals surface area contributed by atoms with Gasteiger partial charge in [0.05, 0.1) is 26.9 Å². The molecule has 0 aliphatic carbocycles. The van der Waals surface area contributed by atoms with Crippen LogP contribution in [0, 0.1) is 0 Å². The molecule has 0 saturated carbocycles. The Morgan fingerprint density at radius 1 is 1.14 bits per heavy atom. The maximum Gasteiger partial charge on any atom is 0.315 e. The number of hydrogen-bond acceptors (Lipinski definition) is 5. The van der Waals surface area contributed by atoms with E-state index in [9.17, 15) is 4.79 Å². The third-order valence-electron chi connectivity index (χ3n) is 4.49. The molecule has 0 fully saturated rings. The molecular weight excluding hydrogens is 360 g/mol. The van der Waals surface area contributed by atoms with E-state index in [1.54, 1.807) is 14.2 Å². The fourth-order valence-corrected chi connectivity index (χ4v) is 3.11. The van der Waals surface area contributed by atoms with Crippen LogP contribution in [-0.4, -0.2) is 39.5 Å². The number of urea groups is 1. The van der Waals surface area contributed by atoms with E-state index >= 15 is 0 Å². The minimum absolute atomic E-state index is 0.102. The molecule has 0 unspecified atom stereocenters. The quantitative estimate of drug-likeness (QED) is 0.765. The number of methoxy groups -OCH3 is 2. The summed E-state index contributed by atoms with van der Waals surface area (Å²) in [6.45, 7) is 3.27. The molecule has 7 nitrogen and oxygen atoms in total. The summed E-state index contributed by atoms with van der Waals surface area (Å²) in [6, 6.07) is 11.0. The Kier molecular flexibility index (Phi) is 6.47. The highest BCUT2D eigenvalue weighted by atomic mass is 16.5. The first-order valence-corrected chi connectivity index (χ1v) is 9.26. The maximum absolute atomic E-state index is 12.3. The molecule has 2 aromatic rings. The normalized spacial score (nSPS) is 15.0. The number of ether oxygens (including phenoxy) is 4. The van der Waals surface area contributed by atoms with Gasteiger partial charge in [0, 0.05) is 6.54 Å². The van der Waals surface area contributed by atoms with Gasteiger partial charge in [-0.05, 0) is 54.8 Å². The van der Waals surface area contributed by atoms with Crippen LogP contribution in [-0.2, 0) is 13.0 Å². The highest BCUT2D eigenvalue weighted by Crippen LogP contribution is 2.29. The van der Waals surface area contributed by atoms with Crippen molar-refractivity contribution in [2.24, 2.45) is 0 Å². The lowest BCUT2D eigenvalue weighted by Gasteiger charge is -2.26. The Morgan fingerprint density at radius 2 is 2.00 bits per heavy atom. The summed E-state index contributed by atoms with van der Waals surface area (Å²) in [4.78, 5) is 12.3. The van der Waals surface area contributed by atoms with E-state index in [2.05, 4.69) is 10.6 Å². The van der Waals surface area contributed by atoms with Crippen LogP contribution in [0.25, 0.3) is 0 Å². The van der Waals surface area contributed by atoms with Gasteiger partial charge in [0.25, 0.3) is 0 Å². The van der Waals surface area contributed by atoms with Crippen molar-refractivity contribution in [3.05, 3.63) is 47.5 Å². The van der Waals surface area contributed by atoms with Gasteiger partial charge in [-0.2, -0.15) is 0 Å². The fraction of sp³-hybridized carbons (Fsp3) is 0.381. The van der Waals surface area contributed by atoms with Gasteiger partial charge in [-0.15, -0.1) is 0 Å². The summed E-state index contributed by atoms with van der Waals surface area (Å²) in [5.41, 5.74) is 1.95. The fourth-order valence-electron chi connectivity index (χ4n) is 3.11. The zero-order valence-corrected chi connectivity index (χ0v) is 16.4. The molecule has 1 aliphatic heterocycles. The molecule has 1 atom stereocenters. The number of amides is 2. The Bertz CT molecular complexity index is 824. The predicted octanol–water partition coefficient (Wildman–Crippen LogP) is 2.91. The average molecular weight is 386 g/mol. The molecule has 150 valence electrons. The molecule has 3 rings (SSSR count). The summed E-state index contributed by atoms with van der Waals surface area (Å²) < 4.78 is 21.8. The van der Waals surface area contributed by atoms with Crippen molar-refractivity contribution in [3.8, 4) is 23.0 Å². The van der Waals surface area contributed by atoms with Crippen molar-refractivity contribution in [1.29, 1.82) is 0 Å². The Balaban J connectivity index is 1.54. The number of rotatable bonds is 7. The zero-order valence-electron chi connectivity index (χ0n) is 16.4. The smallest absolute Gasteiger partial charge is 0.315 e. The number of benzene rings is 2. The lowest BCUT2D eigenvalue weighted by Crippen LogP contribution is -2.47. The first kappa shape index (κ1) is 19.7. The van der Waals surface area contributed by atoms with E-state index in [0.29, 0.717) is 37.7 Å². The number of carbonyl (C=O) groups excluding carboxylic acids is 1. The van der Waals surface area contributed by atoms with Gasteiger partial charge in [0.1, 0.15) is 18.1 Å². The largest absolute Gasteiger partial charge is 0.497 e. The molecule has 0 spiro atoms. The molecule has 0 saturated heterocycles. The highest BCUT2D eigenvalue weighted by Gasteiger charge is 2.22. The molecule has 2 aromatic carbocycles. The van der Waals surface area contributed by atoms with Crippen LogP contribution in [0.2, 0.25) is 0 Å². The standard InChI is InChI=1S/C21H26N2O5/c1-4-27-20-9-14(5-7-19(20)26-3)12-22-21(24)23-16-10-15-11-17(25-2)6-8-18(15)28-13-16/h5-9,11,16H,4,10,12-13H2,1-3H3,(H2,22,23,24)/t16-/m0/s1. The van der Waals surface area contributed by atoms with Gasteiger partial charge in [-0.25, -0.2) is 4.79 Å². The topological polar surface area (TPSA) is 78.1 Å². The third kappa shape index (κ3) is 4.79. The molecule has 2 amide bonds. The number of nitrogens with one attached hydrogen (secondary N) is 2. The maximum atomic E-state index is 12.3.